The Morgan fingerprint density at radius 2 is 2.32 bits per heavy atom. The number of amides is 1. The summed E-state index contributed by atoms with van der Waals surface area (Å²) in [5, 5.41) is 6.20. The number of fused-ring (bicyclic) bond motifs is 1. The largest absolute Gasteiger partial charge is 0.466 e. The fourth-order valence-electron chi connectivity index (χ4n) is 2.73. The van der Waals surface area contributed by atoms with Gasteiger partial charge in [0.1, 0.15) is 5.75 Å². The van der Waals surface area contributed by atoms with E-state index in [1.54, 1.807) is 24.3 Å². The molecule has 3 rings (SSSR count). The number of carbonyl (C=O) groups is 2. The van der Waals surface area contributed by atoms with Gasteiger partial charge in [-0.2, -0.15) is 0 Å². The Balaban J connectivity index is 1.85. The highest BCUT2D eigenvalue weighted by atomic mass is 16.5. The van der Waals surface area contributed by atoms with Gasteiger partial charge in [-0.25, -0.2) is 4.79 Å². The van der Waals surface area contributed by atoms with Crippen LogP contribution in [0.5, 0.6) is 5.75 Å². The van der Waals surface area contributed by atoms with Crippen molar-refractivity contribution in [1.82, 2.24) is 10.6 Å². The summed E-state index contributed by atoms with van der Waals surface area (Å²) in [6.45, 7) is 1.53. The summed E-state index contributed by atoms with van der Waals surface area (Å²) in [4.78, 5) is 23.5. The first kappa shape index (κ1) is 14.6. The highest BCUT2D eigenvalue weighted by Gasteiger charge is 2.40. The summed E-state index contributed by atoms with van der Waals surface area (Å²) < 4.78 is 10.6. The van der Waals surface area contributed by atoms with Gasteiger partial charge in [0.15, 0.2) is 5.72 Å². The summed E-state index contributed by atoms with van der Waals surface area (Å²) in [6, 6.07) is 5.27. The molecule has 2 aliphatic heterocycles. The summed E-state index contributed by atoms with van der Waals surface area (Å²) >= 11 is 0. The number of nitrogens with one attached hydrogen (secondary N) is 2. The Labute approximate surface area is 128 Å². The first-order chi connectivity index (χ1) is 10.6. The van der Waals surface area contributed by atoms with Gasteiger partial charge in [0.2, 0.25) is 0 Å². The van der Waals surface area contributed by atoms with Gasteiger partial charge in [-0.15, -0.1) is 0 Å². The molecule has 1 aromatic carbocycles. The third-order valence-corrected chi connectivity index (χ3v) is 3.85. The molecule has 1 spiro atoms. The minimum Gasteiger partial charge on any atom is -0.466 e. The highest BCUT2D eigenvalue weighted by molar-refractivity contribution is 5.99. The van der Waals surface area contributed by atoms with Crippen molar-refractivity contribution in [3.05, 3.63) is 35.4 Å². The Morgan fingerprint density at radius 1 is 1.45 bits per heavy atom. The molecular weight excluding hydrogens is 284 g/mol. The van der Waals surface area contributed by atoms with E-state index < -0.39 is 11.7 Å². The van der Waals surface area contributed by atoms with Crippen LogP contribution in [-0.4, -0.2) is 37.8 Å². The van der Waals surface area contributed by atoms with E-state index in [1.807, 2.05) is 0 Å². The van der Waals surface area contributed by atoms with E-state index in [1.165, 1.54) is 13.2 Å². The number of carbonyl (C=O) groups excluding carboxylic acids is 2. The fourth-order valence-corrected chi connectivity index (χ4v) is 2.73. The average Bonchev–Trinajstić information content (AvgIpc) is 2.53. The predicted molar refractivity (Wildman–Crippen MR) is 80.4 cm³/mol. The Bertz CT molecular complexity index is 633. The molecule has 0 aromatic heterocycles. The van der Waals surface area contributed by atoms with Crippen LogP contribution in [0.2, 0.25) is 0 Å². The molecule has 2 N–H and O–H groups in total. The van der Waals surface area contributed by atoms with Crippen LogP contribution >= 0.6 is 0 Å². The molecule has 22 heavy (non-hydrogen) atoms. The lowest BCUT2D eigenvalue weighted by Gasteiger charge is -2.41. The van der Waals surface area contributed by atoms with Crippen LogP contribution in [-0.2, 0) is 9.53 Å². The van der Waals surface area contributed by atoms with E-state index in [4.69, 9.17) is 4.74 Å². The molecule has 0 radical (unpaired) electrons. The van der Waals surface area contributed by atoms with E-state index >= 15 is 0 Å². The van der Waals surface area contributed by atoms with E-state index in [2.05, 4.69) is 15.4 Å². The number of methoxy groups -OCH3 is 1. The molecule has 1 saturated heterocycles. The number of benzene rings is 1. The first-order valence-electron chi connectivity index (χ1n) is 7.24. The molecule has 0 saturated carbocycles. The second kappa shape index (κ2) is 5.81. The van der Waals surface area contributed by atoms with E-state index in [9.17, 15) is 9.59 Å². The molecule has 1 amide bonds. The molecular formula is C16H18N2O4. The zero-order valence-corrected chi connectivity index (χ0v) is 12.3. The molecule has 6 heteroatoms. The van der Waals surface area contributed by atoms with Gasteiger partial charge in [-0.05, 0) is 36.7 Å². The first-order valence-corrected chi connectivity index (χ1v) is 7.24. The quantitative estimate of drug-likeness (QED) is 0.631. The van der Waals surface area contributed by atoms with Crippen molar-refractivity contribution in [2.45, 2.75) is 18.6 Å². The SMILES string of the molecule is COC(=O)/C=C/c1ccc2c(c1)C(=O)NC1(CCCNC1)O2. The molecule has 116 valence electrons. The zero-order valence-electron chi connectivity index (χ0n) is 12.3. The van der Waals surface area contributed by atoms with Crippen molar-refractivity contribution in [2.75, 3.05) is 20.2 Å². The van der Waals surface area contributed by atoms with Crippen molar-refractivity contribution in [2.24, 2.45) is 0 Å². The third-order valence-electron chi connectivity index (χ3n) is 3.85. The standard InChI is InChI=1S/C16H18N2O4/c1-21-14(19)6-4-11-3-5-13-12(9-11)15(20)18-16(22-13)7-2-8-17-10-16/h3-6,9,17H,2,7-8,10H2,1H3,(H,18,20)/b6-4+. The lowest BCUT2D eigenvalue weighted by atomic mass is 9.98. The second-order valence-corrected chi connectivity index (χ2v) is 5.44. The number of piperidine rings is 1. The minimum absolute atomic E-state index is 0.154. The molecule has 1 atom stereocenters. The summed E-state index contributed by atoms with van der Waals surface area (Å²) in [7, 11) is 1.32. The molecule has 2 heterocycles. The lowest BCUT2D eigenvalue weighted by Crippen LogP contribution is -2.63. The van der Waals surface area contributed by atoms with Crippen molar-refractivity contribution in [3.63, 3.8) is 0 Å². The molecule has 2 aliphatic rings. The average molecular weight is 302 g/mol. The van der Waals surface area contributed by atoms with Crippen molar-refractivity contribution < 1.29 is 19.1 Å². The number of hydrogen-bond donors (Lipinski definition) is 2. The second-order valence-electron chi connectivity index (χ2n) is 5.44. The van der Waals surface area contributed by atoms with E-state index in [0.29, 0.717) is 17.9 Å². The monoisotopic (exact) mass is 302 g/mol. The van der Waals surface area contributed by atoms with Gasteiger partial charge in [-0.3, -0.25) is 4.79 Å². The highest BCUT2D eigenvalue weighted by Crippen LogP contribution is 2.31. The van der Waals surface area contributed by atoms with Crippen molar-refractivity contribution in [3.8, 4) is 5.75 Å². The Morgan fingerprint density at radius 3 is 3.05 bits per heavy atom. The van der Waals surface area contributed by atoms with Crippen molar-refractivity contribution in [1.29, 1.82) is 0 Å². The van der Waals surface area contributed by atoms with Crippen LogP contribution in [0.3, 0.4) is 0 Å². The van der Waals surface area contributed by atoms with Gasteiger partial charge < -0.3 is 20.1 Å². The van der Waals surface area contributed by atoms with Crippen molar-refractivity contribution >= 4 is 18.0 Å². The smallest absolute Gasteiger partial charge is 0.330 e. The van der Waals surface area contributed by atoms with Gasteiger partial charge in [-0.1, -0.05) is 6.07 Å². The summed E-state index contributed by atoms with van der Waals surface area (Å²) in [6.07, 6.45) is 4.66. The Hall–Kier alpha value is -2.34. The van der Waals surface area contributed by atoms with Gasteiger partial charge in [0.05, 0.1) is 19.2 Å². The number of esters is 1. The van der Waals surface area contributed by atoms with Crippen LogP contribution in [0.15, 0.2) is 24.3 Å². The van der Waals surface area contributed by atoms with Gasteiger partial charge in [0, 0.05) is 12.5 Å². The van der Waals surface area contributed by atoms with Gasteiger partial charge >= 0.3 is 5.97 Å². The van der Waals surface area contributed by atoms with Crippen LogP contribution in [0.4, 0.5) is 0 Å². The molecule has 1 aromatic rings. The molecule has 0 bridgehead atoms. The fraction of sp³-hybridized carbons (Fsp3) is 0.375. The lowest BCUT2D eigenvalue weighted by molar-refractivity contribution is -0.134. The number of ether oxygens (including phenoxy) is 2. The minimum atomic E-state index is -0.647. The van der Waals surface area contributed by atoms with E-state index in [-0.39, 0.29) is 5.91 Å². The number of rotatable bonds is 2. The maximum atomic E-state index is 12.4. The molecule has 6 nitrogen and oxygen atoms in total. The summed E-state index contributed by atoms with van der Waals surface area (Å²) in [5.41, 5.74) is 0.565. The zero-order chi connectivity index (χ0) is 15.6. The maximum absolute atomic E-state index is 12.4. The van der Waals surface area contributed by atoms with Crippen LogP contribution in [0.25, 0.3) is 6.08 Å². The normalized spacial score (nSPS) is 23.8. The maximum Gasteiger partial charge on any atom is 0.330 e. The van der Waals surface area contributed by atoms with Crippen LogP contribution in [0, 0.1) is 0 Å². The topological polar surface area (TPSA) is 76.7 Å². The Kier molecular flexibility index (Phi) is 3.85. The third kappa shape index (κ3) is 2.82. The van der Waals surface area contributed by atoms with Crippen LogP contribution in [0.1, 0.15) is 28.8 Å². The van der Waals surface area contributed by atoms with Crippen LogP contribution < -0.4 is 15.4 Å². The van der Waals surface area contributed by atoms with E-state index in [0.717, 1.165) is 24.9 Å². The molecule has 0 aliphatic carbocycles. The molecule has 1 fully saturated rings. The number of hydrogen-bond acceptors (Lipinski definition) is 5. The van der Waals surface area contributed by atoms with Gasteiger partial charge in [0.25, 0.3) is 5.91 Å². The summed E-state index contributed by atoms with van der Waals surface area (Å²) in [5.74, 6) is -0.0217. The predicted octanol–water partition coefficient (Wildman–Crippen LogP) is 1.07. The molecule has 1 unspecified atom stereocenters.